The highest BCUT2D eigenvalue weighted by atomic mass is 79.9. The van der Waals surface area contributed by atoms with Crippen LogP contribution in [0.25, 0.3) is 17.2 Å². The van der Waals surface area contributed by atoms with Gasteiger partial charge in [0.05, 0.1) is 0 Å². The van der Waals surface area contributed by atoms with Gasteiger partial charge in [-0.05, 0) is 46.6 Å². The third-order valence-corrected chi connectivity index (χ3v) is 3.84. The summed E-state index contributed by atoms with van der Waals surface area (Å²) >= 11 is 3.25. The Bertz CT molecular complexity index is 870. The van der Waals surface area contributed by atoms with Gasteiger partial charge in [0, 0.05) is 19.2 Å². The monoisotopic (exact) mass is 377 g/mol. The molecule has 0 spiro atoms. The minimum Gasteiger partial charge on any atom is -0.446 e. The van der Waals surface area contributed by atoms with Crippen molar-refractivity contribution in [3.8, 4) is 11.6 Å². The fraction of sp³-hybridized carbons (Fsp3) is 0.267. The fourth-order valence-corrected chi connectivity index (χ4v) is 2.64. The van der Waals surface area contributed by atoms with E-state index < -0.39 is 0 Å². The van der Waals surface area contributed by atoms with Gasteiger partial charge in [0.25, 0.3) is 5.91 Å². The third kappa shape index (κ3) is 2.94. The first kappa shape index (κ1) is 15.5. The first-order chi connectivity index (χ1) is 11.0. The summed E-state index contributed by atoms with van der Waals surface area (Å²) in [5.74, 6) is 1.19. The minimum absolute atomic E-state index is 0.0913. The molecule has 120 valence electrons. The molecule has 0 radical (unpaired) electrons. The lowest BCUT2D eigenvalue weighted by Crippen LogP contribution is -2.27. The van der Waals surface area contributed by atoms with Crippen LogP contribution in [0.5, 0.6) is 0 Å². The summed E-state index contributed by atoms with van der Waals surface area (Å²) in [6, 6.07) is 6.81. The number of aromatic nitrogens is 3. The van der Waals surface area contributed by atoms with E-state index in [0.717, 1.165) is 6.42 Å². The van der Waals surface area contributed by atoms with Gasteiger partial charge in [-0.25, -0.2) is 4.98 Å². The standard InChI is InChI=1S/C15H16BrN5O2/c1-3-6-20(2)15(22)9-7-12(17)21-13(8-9)18-14(19-21)10-4-5-11(16)23-10/h4-5,7-8H,3,6,17H2,1-2H3. The molecule has 0 aromatic carbocycles. The Labute approximate surface area is 141 Å². The van der Waals surface area contributed by atoms with Crippen LogP contribution in [0.1, 0.15) is 23.7 Å². The van der Waals surface area contributed by atoms with E-state index >= 15 is 0 Å². The highest BCUT2D eigenvalue weighted by Gasteiger charge is 2.17. The normalized spacial score (nSPS) is 11.1. The second kappa shape index (κ2) is 6.04. The van der Waals surface area contributed by atoms with Gasteiger partial charge in [-0.1, -0.05) is 6.92 Å². The number of hydrogen-bond acceptors (Lipinski definition) is 5. The van der Waals surface area contributed by atoms with Crippen LogP contribution in [0.15, 0.2) is 33.4 Å². The Kier molecular flexibility index (Phi) is 4.08. The summed E-state index contributed by atoms with van der Waals surface area (Å²) in [6.07, 6.45) is 0.891. The fourth-order valence-electron chi connectivity index (χ4n) is 2.33. The molecule has 23 heavy (non-hydrogen) atoms. The number of furan rings is 1. The van der Waals surface area contributed by atoms with Crippen LogP contribution in [-0.2, 0) is 0 Å². The predicted octanol–water partition coefficient (Wildman–Crippen LogP) is 2.82. The lowest BCUT2D eigenvalue weighted by atomic mass is 10.2. The van der Waals surface area contributed by atoms with Gasteiger partial charge in [0.15, 0.2) is 16.1 Å². The van der Waals surface area contributed by atoms with Crippen molar-refractivity contribution in [1.29, 1.82) is 0 Å². The molecule has 2 N–H and O–H groups in total. The molecule has 3 heterocycles. The second-order valence-electron chi connectivity index (χ2n) is 5.20. The number of halogens is 1. The van der Waals surface area contributed by atoms with Crippen molar-refractivity contribution >= 4 is 33.3 Å². The lowest BCUT2D eigenvalue weighted by molar-refractivity contribution is 0.0795. The number of rotatable bonds is 4. The van der Waals surface area contributed by atoms with Gasteiger partial charge >= 0.3 is 0 Å². The number of fused-ring (bicyclic) bond motifs is 1. The number of carbonyl (C=O) groups excluding carboxylic acids is 1. The smallest absolute Gasteiger partial charge is 0.253 e. The summed E-state index contributed by atoms with van der Waals surface area (Å²) in [5.41, 5.74) is 7.01. The molecular weight excluding hydrogens is 362 g/mol. The number of carbonyl (C=O) groups is 1. The summed E-state index contributed by atoms with van der Waals surface area (Å²) in [6.45, 7) is 2.70. The summed E-state index contributed by atoms with van der Waals surface area (Å²) in [4.78, 5) is 18.4. The topological polar surface area (TPSA) is 89.7 Å². The second-order valence-corrected chi connectivity index (χ2v) is 5.99. The van der Waals surface area contributed by atoms with Crippen molar-refractivity contribution in [2.45, 2.75) is 13.3 Å². The number of pyridine rings is 1. The Balaban J connectivity index is 2.03. The molecule has 0 bridgehead atoms. The zero-order valence-corrected chi connectivity index (χ0v) is 14.4. The summed E-state index contributed by atoms with van der Waals surface area (Å²) < 4.78 is 7.53. The molecule has 0 saturated carbocycles. The average Bonchev–Trinajstić information content (AvgIpc) is 3.12. The molecule has 8 heteroatoms. The van der Waals surface area contributed by atoms with Crippen molar-refractivity contribution in [3.05, 3.63) is 34.5 Å². The van der Waals surface area contributed by atoms with E-state index in [0.29, 0.717) is 39.8 Å². The number of nitrogens with two attached hydrogens (primary N) is 1. The van der Waals surface area contributed by atoms with Gasteiger partial charge in [-0.3, -0.25) is 4.79 Å². The van der Waals surface area contributed by atoms with E-state index in [2.05, 4.69) is 26.0 Å². The number of nitrogens with zero attached hydrogens (tertiary/aromatic N) is 4. The molecule has 3 rings (SSSR count). The van der Waals surface area contributed by atoms with Crippen molar-refractivity contribution in [1.82, 2.24) is 19.5 Å². The molecule has 1 amide bonds. The maximum absolute atomic E-state index is 12.4. The first-order valence-electron chi connectivity index (χ1n) is 7.17. The molecule has 3 aromatic rings. The van der Waals surface area contributed by atoms with Crippen molar-refractivity contribution < 1.29 is 9.21 Å². The highest BCUT2D eigenvalue weighted by Crippen LogP contribution is 2.24. The summed E-state index contributed by atoms with van der Waals surface area (Å²) in [5, 5.41) is 4.32. The van der Waals surface area contributed by atoms with Crippen molar-refractivity contribution in [3.63, 3.8) is 0 Å². The average molecular weight is 378 g/mol. The molecule has 0 aliphatic carbocycles. The van der Waals surface area contributed by atoms with Crippen LogP contribution >= 0.6 is 15.9 Å². The Morgan fingerprint density at radius 3 is 2.87 bits per heavy atom. The van der Waals surface area contributed by atoms with Crippen LogP contribution in [0, 0.1) is 0 Å². The quantitative estimate of drug-likeness (QED) is 0.754. The number of hydrogen-bond donors (Lipinski definition) is 1. The molecule has 0 aliphatic heterocycles. The van der Waals surface area contributed by atoms with Crippen LogP contribution in [0.3, 0.4) is 0 Å². The highest BCUT2D eigenvalue weighted by molar-refractivity contribution is 9.10. The van der Waals surface area contributed by atoms with Crippen LogP contribution < -0.4 is 5.73 Å². The van der Waals surface area contributed by atoms with E-state index in [4.69, 9.17) is 10.2 Å². The van der Waals surface area contributed by atoms with Crippen molar-refractivity contribution in [2.24, 2.45) is 0 Å². The third-order valence-electron chi connectivity index (χ3n) is 3.41. The van der Waals surface area contributed by atoms with E-state index in [-0.39, 0.29) is 5.91 Å². The van der Waals surface area contributed by atoms with Gasteiger partial charge in [-0.2, -0.15) is 4.52 Å². The Hall–Kier alpha value is -2.35. The Morgan fingerprint density at radius 1 is 1.43 bits per heavy atom. The van der Waals surface area contributed by atoms with Crippen LogP contribution in [-0.4, -0.2) is 39.0 Å². The minimum atomic E-state index is -0.0913. The first-order valence-corrected chi connectivity index (χ1v) is 7.96. The molecule has 3 aromatic heterocycles. The molecule has 7 nitrogen and oxygen atoms in total. The number of anilines is 1. The maximum Gasteiger partial charge on any atom is 0.253 e. The summed E-state index contributed by atoms with van der Waals surface area (Å²) in [7, 11) is 1.77. The SMILES string of the molecule is CCCN(C)C(=O)c1cc(N)n2nc(-c3ccc(Br)o3)nc2c1. The van der Waals surface area contributed by atoms with E-state index in [1.807, 2.05) is 6.92 Å². The largest absolute Gasteiger partial charge is 0.446 e. The van der Waals surface area contributed by atoms with Crippen molar-refractivity contribution in [2.75, 3.05) is 19.3 Å². The zero-order valence-electron chi connectivity index (χ0n) is 12.8. The molecule has 0 fully saturated rings. The molecule has 0 unspecified atom stereocenters. The number of nitrogen functional groups attached to an aromatic ring is 1. The van der Waals surface area contributed by atoms with E-state index in [1.165, 1.54) is 4.52 Å². The molecule has 0 saturated heterocycles. The van der Waals surface area contributed by atoms with Crippen LogP contribution in [0.4, 0.5) is 5.82 Å². The van der Waals surface area contributed by atoms with Gasteiger partial charge < -0.3 is 15.1 Å². The Morgan fingerprint density at radius 2 is 2.22 bits per heavy atom. The van der Waals surface area contributed by atoms with Gasteiger partial charge in [0.2, 0.25) is 5.82 Å². The van der Waals surface area contributed by atoms with Crippen LogP contribution in [0.2, 0.25) is 0 Å². The van der Waals surface area contributed by atoms with E-state index in [9.17, 15) is 4.79 Å². The van der Waals surface area contributed by atoms with Gasteiger partial charge in [-0.15, -0.1) is 5.10 Å². The van der Waals surface area contributed by atoms with E-state index in [1.54, 1.807) is 36.2 Å². The molecule has 0 atom stereocenters. The maximum atomic E-state index is 12.4. The zero-order chi connectivity index (χ0) is 16.6. The lowest BCUT2D eigenvalue weighted by Gasteiger charge is -2.16. The van der Waals surface area contributed by atoms with Gasteiger partial charge in [0.1, 0.15) is 5.82 Å². The predicted molar refractivity (Wildman–Crippen MR) is 90.1 cm³/mol. The molecular formula is C15H16BrN5O2. The number of amides is 1. The molecule has 0 aliphatic rings.